The SMILES string of the molecule is COc1ccccc1[C@H](C)Nc1ncc(-c2cccnc2C)c2nncn12. The van der Waals surface area contributed by atoms with Crippen molar-refractivity contribution in [3.8, 4) is 16.9 Å². The maximum absolute atomic E-state index is 5.47. The molecule has 0 aliphatic heterocycles. The maximum Gasteiger partial charge on any atom is 0.210 e. The van der Waals surface area contributed by atoms with Crippen molar-refractivity contribution >= 4 is 11.6 Å². The fourth-order valence-corrected chi connectivity index (χ4v) is 3.18. The van der Waals surface area contributed by atoms with Gasteiger partial charge >= 0.3 is 0 Å². The molecule has 0 fully saturated rings. The molecular formula is C20H20N6O. The van der Waals surface area contributed by atoms with Crippen LogP contribution in [-0.4, -0.2) is 31.7 Å². The Morgan fingerprint density at radius 1 is 1.07 bits per heavy atom. The van der Waals surface area contributed by atoms with Gasteiger partial charge in [0.05, 0.1) is 13.2 Å². The van der Waals surface area contributed by atoms with Gasteiger partial charge in [0.15, 0.2) is 5.65 Å². The minimum Gasteiger partial charge on any atom is -0.496 e. The number of anilines is 1. The minimum atomic E-state index is -0.00905. The lowest BCUT2D eigenvalue weighted by Crippen LogP contribution is -2.12. The van der Waals surface area contributed by atoms with Crippen molar-refractivity contribution in [2.75, 3.05) is 12.4 Å². The Balaban J connectivity index is 1.73. The second-order valence-corrected chi connectivity index (χ2v) is 6.26. The number of ether oxygens (including phenoxy) is 1. The van der Waals surface area contributed by atoms with Crippen molar-refractivity contribution in [1.82, 2.24) is 24.6 Å². The van der Waals surface area contributed by atoms with Gasteiger partial charge in [0, 0.05) is 34.8 Å². The summed E-state index contributed by atoms with van der Waals surface area (Å²) in [5.74, 6) is 1.50. The number of methoxy groups -OCH3 is 1. The molecule has 4 aromatic rings. The summed E-state index contributed by atoms with van der Waals surface area (Å²) < 4.78 is 7.32. The van der Waals surface area contributed by atoms with Crippen LogP contribution in [0.25, 0.3) is 16.8 Å². The minimum absolute atomic E-state index is 0.00905. The van der Waals surface area contributed by atoms with Crippen LogP contribution in [-0.2, 0) is 0 Å². The standard InChI is InChI=1S/C20H20N6O/c1-13-15(8-6-10-21-13)17-11-22-20(26-12-23-25-19(17)26)24-14(2)16-7-4-5-9-18(16)27-3/h4-12,14H,1-3H3,(H,22,24)/t14-/m0/s1. The van der Waals surface area contributed by atoms with Gasteiger partial charge in [-0.15, -0.1) is 10.2 Å². The lowest BCUT2D eigenvalue weighted by atomic mass is 10.1. The Kier molecular flexibility index (Phi) is 4.42. The highest BCUT2D eigenvalue weighted by Gasteiger charge is 2.16. The summed E-state index contributed by atoms with van der Waals surface area (Å²) in [7, 11) is 1.67. The van der Waals surface area contributed by atoms with E-state index in [4.69, 9.17) is 4.74 Å². The van der Waals surface area contributed by atoms with E-state index in [1.807, 2.05) is 53.9 Å². The molecular weight excluding hydrogens is 340 g/mol. The highest BCUT2D eigenvalue weighted by Crippen LogP contribution is 2.29. The highest BCUT2D eigenvalue weighted by molar-refractivity contribution is 5.78. The quantitative estimate of drug-likeness (QED) is 0.585. The van der Waals surface area contributed by atoms with E-state index < -0.39 is 0 Å². The van der Waals surface area contributed by atoms with Gasteiger partial charge in [0.1, 0.15) is 12.1 Å². The molecule has 1 atom stereocenters. The summed E-state index contributed by atoms with van der Waals surface area (Å²) in [4.78, 5) is 8.98. The summed E-state index contributed by atoms with van der Waals surface area (Å²) in [6.07, 6.45) is 5.25. The van der Waals surface area contributed by atoms with Crippen LogP contribution in [0.4, 0.5) is 5.95 Å². The van der Waals surface area contributed by atoms with E-state index in [1.54, 1.807) is 19.6 Å². The normalized spacial score (nSPS) is 12.1. The fourth-order valence-electron chi connectivity index (χ4n) is 3.18. The third kappa shape index (κ3) is 3.08. The molecule has 27 heavy (non-hydrogen) atoms. The number of aromatic nitrogens is 5. The summed E-state index contributed by atoms with van der Waals surface area (Å²) in [6, 6.07) is 11.8. The zero-order chi connectivity index (χ0) is 18.8. The van der Waals surface area contributed by atoms with Gasteiger partial charge in [0.25, 0.3) is 0 Å². The number of hydrogen-bond donors (Lipinski definition) is 1. The van der Waals surface area contributed by atoms with Crippen molar-refractivity contribution in [3.05, 3.63) is 66.4 Å². The molecule has 3 heterocycles. The number of aryl methyl sites for hydroxylation is 1. The number of benzene rings is 1. The van der Waals surface area contributed by atoms with Gasteiger partial charge in [-0.3, -0.25) is 9.38 Å². The fraction of sp³-hybridized carbons (Fsp3) is 0.200. The van der Waals surface area contributed by atoms with E-state index in [2.05, 4.69) is 32.4 Å². The van der Waals surface area contributed by atoms with Crippen molar-refractivity contribution in [3.63, 3.8) is 0 Å². The Hall–Kier alpha value is -3.48. The Bertz CT molecular complexity index is 1090. The van der Waals surface area contributed by atoms with Crippen molar-refractivity contribution in [1.29, 1.82) is 0 Å². The number of hydrogen-bond acceptors (Lipinski definition) is 6. The number of nitrogens with zero attached hydrogens (tertiary/aromatic N) is 5. The smallest absolute Gasteiger partial charge is 0.210 e. The van der Waals surface area contributed by atoms with Crippen LogP contribution in [0, 0.1) is 6.92 Å². The van der Waals surface area contributed by atoms with Crippen LogP contribution in [0.3, 0.4) is 0 Å². The van der Waals surface area contributed by atoms with Crippen molar-refractivity contribution in [2.24, 2.45) is 0 Å². The van der Waals surface area contributed by atoms with Crippen LogP contribution in [0.5, 0.6) is 5.75 Å². The van der Waals surface area contributed by atoms with Crippen LogP contribution in [0.1, 0.15) is 24.2 Å². The molecule has 0 amide bonds. The molecule has 0 bridgehead atoms. The largest absolute Gasteiger partial charge is 0.496 e. The lowest BCUT2D eigenvalue weighted by molar-refractivity contribution is 0.408. The molecule has 1 N–H and O–H groups in total. The number of fused-ring (bicyclic) bond motifs is 1. The van der Waals surface area contributed by atoms with Gasteiger partial charge in [-0.25, -0.2) is 4.98 Å². The molecule has 1 aromatic carbocycles. The van der Waals surface area contributed by atoms with E-state index in [-0.39, 0.29) is 6.04 Å². The average Bonchev–Trinajstić information content (AvgIpc) is 3.19. The summed E-state index contributed by atoms with van der Waals surface area (Å²) >= 11 is 0. The number of pyridine rings is 1. The van der Waals surface area contributed by atoms with Crippen LogP contribution < -0.4 is 10.1 Å². The van der Waals surface area contributed by atoms with Crippen LogP contribution in [0.15, 0.2) is 55.1 Å². The second kappa shape index (κ2) is 7.03. The van der Waals surface area contributed by atoms with Crippen molar-refractivity contribution < 1.29 is 4.74 Å². The monoisotopic (exact) mass is 360 g/mol. The third-order valence-corrected chi connectivity index (χ3v) is 4.58. The molecule has 7 heteroatoms. The topological polar surface area (TPSA) is 77.2 Å². The molecule has 3 aromatic heterocycles. The van der Waals surface area contributed by atoms with E-state index in [0.29, 0.717) is 5.95 Å². The van der Waals surface area contributed by atoms with E-state index in [0.717, 1.165) is 33.8 Å². The molecule has 0 spiro atoms. The van der Waals surface area contributed by atoms with Crippen molar-refractivity contribution in [2.45, 2.75) is 19.9 Å². The van der Waals surface area contributed by atoms with Gasteiger partial charge in [-0.2, -0.15) is 0 Å². The van der Waals surface area contributed by atoms with Crippen LogP contribution >= 0.6 is 0 Å². The van der Waals surface area contributed by atoms with E-state index in [9.17, 15) is 0 Å². The molecule has 0 saturated heterocycles. The first-order valence-electron chi connectivity index (χ1n) is 8.69. The van der Waals surface area contributed by atoms with E-state index >= 15 is 0 Å². The van der Waals surface area contributed by atoms with E-state index in [1.165, 1.54) is 0 Å². The molecule has 136 valence electrons. The zero-order valence-electron chi connectivity index (χ0n) is 15.4. The maximum atomic E-state index is 5.47. The molecule has 0 aliphatic rings. The number of para-hydroxylation sites is 1. The summed E-state index contributed by atoms with van der Waals surface area (Å²) in [5.41, 5.74) is 4.60. The van der Waals surface area contributed by atoms with Gasteiger partial charge in [-0.05, 0) is 26.0 Å². The van der Waals surface area contributed by atoms with Crippen LogP contribution in [0.2, 0.25) is 0 Å². The summed E-state index contributed by atoms with van der Waals surface area (Å²) in [5, 5.41) is 11.8. The zero-order valence-corrected chi connectivity index (χ0v) is 15.4. The van der Waals surface area contributed by atoms with Gasteiger partial charge in [-0.1, -0.05) is 24.3 Å². The predicted octanol–water partition coefficient (Wildman–Crippen LogP) is 3.68. The third-order valence-electron chi connectivity index (χ3n) is 4.58. The first kappa shape index (κ1) is 17.0. The first-order valence-corrected chi connectivity index (χ1v) is 8.69. The number of rotatable bonds is 5. The Morgan fingerprint density at radius 2 is 1.93 bits per heavy atom. The van der Waals surface area contributed by atoms with Gasteiger partial charge in [0.2, 0.25) is 5.95 Å². The molecule has 0 aliphatic carbocycles. The molecule has 0 saturated carbocycles. The Morgan fingerprint density at radius 3 is 2.74 bits per heavy atom. The highest BCUT2D eigenvalue weighted by atomic mass is 16.5. The Labute approximate surface area is 157 Å². The molecule has 7 nitrogen and oxygen atoms in total. The summed E-state index contributed by atoms with van der Waals surface area (Å²) in [6.45, 7) is 4.03. The molecule has 4 rings (SSSR count). The average molecular weight is 360 g/mol. The second-order valence-electron chi connectivity index (χ2n) is 6.26. The molecule has 0 radical (unpaired) electrons. The van der Waals surface area contributed by atoms with Gasteiger partial charge < -0.3 is 10.1 Å². The first-order chi connectivity index (χ1) is 13.2. The number of nitrogens with one attached hydrogen (secondary N) is 1. The molecule has 0 unspecified atom stereocenters. The predicted molar refractivity (Wildman–Crippen MR) is 104 cm³/mol. The lowest BCUT2D eigenvalue weighted by Gasteiger charge is -2.18.